The Morgan fingerprint density at radius 2 is 2.10 bits per heavy atom. The van der Waals surface area contributed by atoms with Gasteiger partial charge >= 0.3 is 5.97 Å². The maximum atomic E-state index is 13.6. The molecule has 0 fully saturated rings. The lowest BCUT2D eigenvalue weighted by Gasteiger charge is -2.08. The summed E-state index contributed by atoms with van der Waals surface area (Å²) in [5.74, 6) is -1.96. The second-order valence-corrected chi connectivity index (χ2v) is 4.42. The Labute approximate surface area is 119 Å². The number of benzene rings is 1. The minimum Gasteiger partial charge on any atom is -0.487 e. The largest absolute Gasteiger partial charge is 0.487 e. The summed E-state index contributed by atoms with van der Waals surface area (Å²) < 4.78 is 20.4. The Balaban J connectivity index is 2.17. The van der Waals surface area contributed by atoms with Crippen molar-refractivity contribution in [1.82, 2.24) is 9.78 Å². The molecule has 110 valence electrons. The summed E-state index contributed by atoms with van der Waals surface area (Å²) in [6.07, 6.45) is 1.22. The molecule has 7 heteroatoms. The van der Waals surface area contributed by atoms with Crippen molar-refractivity contribution in [2.24, 2.45) is 7.05 Å². The first kappa shape index (κ1) is 14.7. The van der Waals surface area contributed by atoms with Gasteiger partial charge in [0.05, 0.1) is 17.5 Å². The maximum Gasteiger partial charge on any atom is 0.339 e. The zero-order valence-corrected chi connectivity index (χ0v) is 11.5. The number of carbonyl (C=O) groups is 2. The number of carbonyl (C=O) groups excluding carboxylic acids is 1. The molecule has 1 aromatic heterocycles. The monoisotopic (exact) mass is 292 g/mol. The highest BCUT2D eigenvalue weighted by Gasteiger charge is 2.16. The molecule has 0 aliphatic carbocycles. The molecule has 1 aromatic carbocycles. The van der Waals surface area contributed by atoms with Gasteiger partial charge in [0.2, 0.25) is 0 Å². The van der Waals surface area contributed by atoms with Gasteiger partial charge in [0, 0.05) is 13.1 Å². The van der Waals surface area contributed by atoms with Crippen molar-refractivity contribution in [3.8, 4) is 5.75 Å². The number of carboxylic acids is 1. The molecule has 0 aliphatic rings. The van der Waals surface area contributed by atoms with Gasteiger partial charge in [-0.25, -0.2) is 9.18 Å². The first-order chi connectivity index (χ1) is 9.90. The minimum atomic E-state index is -1.11. The van der Waals surface area contributed by atoms with Gasteiger partial charge in [0.1, 0.15) is 23.7 Å². The summed E-state index contributed by atoms with van der Waals surface area (Å²) in [4.78, 5) is 22.1. The van der Waals surface area contributed by atoms with Crippen LogP contribution in [-0.4, -0.2) is 26.6 Å². The Hall–Kier alpha value is -2.70. The maximum absolute atomic E-state index is 13.6. The molecule has 0 unspecified atom stereocenters. The lowest BCUT2D eigenvalue weighted by molar-refractivity contribution is 0.0693. The molecular formula is C14H13FN2O4. The van der Waals surface area contributed by atoms with Gasteiger partial charge in [0.15, 0.2) is 5.78 Å². The van der Waals surface area contributed by atoms with E-state index in [4.69, 9.17) is 9.84 Å². The van der Waals surface area contributed by atoms with E-state index in [-0.39, 0.29) is 29.3 Å². The van der Waals surface area contributed by atoms with Crippen molar-refractivity contribution >= 4 is 11.8 Å². The number of ether oxygens (including phenoxy) is 1. The molecule has 6 nitrogen and oxygen atoms in total. The van der Waals surface area contributed by atoms with Crippen LogP contribution in [0.4, 0.5) is 4.39 Å². The second-order valence-electron chi connectivity index (χ2n) is 4.42. The van der Waals surface area contributed by atoms with Crippen molar-refractivity contribution in [2.75, 3.05) is 0 Å². The highest BCUT2D eigenvalue weighted by Crippen LogP contribution is 2.19. The molecule has 0 amide bonds. The van der Waals surface area contributed by atoms with E-state index in [1.54, 1.807) is 7.05 Å². The fourth-order valence-electron chi connectivity index (χ4n) is 1.84. The smallest absolute Gasteiger partial charge is 0.339 e. The van der Waals surface area contributed by atoms with E-state index in [1.807, 2.05) is 0 Å². The lowest BCUT2D eigenvalue weighted by Crippen LogP contribution is -2.08. The molecule has 0 saturated heterocycles. The van der Waals surface area contributed by atoms with Gasteiger partial charge in [-0.3, -0.25) is 9.48 Å². The third kappa shape index (κ3) is 3.07. The topological polar surface area (TPSA) is 81.4 Å². The van der Waals surface area contributed by atoms with Crippen LogP contribution in [0.3, 0.4) is 0 Å². The number of aryl methyl sites for hydroxylation is 1. The van der Waals surface area contributed by atoms with Crippen LogP contribution in [0.5, 0.6) is 5.75 Å². The van der Waals surface area contributed by atoms with Crippen LogP contribution in [0.2, 0.25) is 0 Å². The molecule has 2 rings (SSSR count). The van der Waals surface area contributed by atoms with Gasteiger partial charge in [-0.05, 0) is 19.1 Å². The summed E-state index contributed by atoms with van der Waals surface area (Å²) in [5.41, 5.74) is 0.367. The van der Waals surface area contributed by atoms with Crippen LogP contribution in [-0.2, 0) is 13.7 Å². The summed E-state index contributed by atoms with van der Waals surface area (Å²) in [7, 11) is 1.59. The number of aromatic carboxylic acids is 1. The zero-order chi connectivity index (χ0) is 15.6. The fraction of sp³-hybridized carbons (Fsp3) is 0.214. The molecule has 2 aromatic rings. The lowest BCUT2D eigenvalue weighted by atomic mass is 10.1. The number of hydrogen-bond acceptors (Lipinski definition) is 4. The minimum absolute atomic E-state index is 0.0193. The summed E-state index contributed by atoms with van der Waals surface area (Å²) >= 11 is 0. The van der Waals surface area contributed by atoms with E-state index < -0.39 is 11.8 Å². The van der Waals surface area contributed by atoms with Gasteiger partial charge in [-0.2, -0.15) is 5.10 Å². The van der Waals surface area contributed by atoms with Crippen LogP contribution >= 0.6 is 0 Å². The first-order valence-electron chi connectivity index (χ1n) is 6.07. The molecule has 1 N–H and O–H groups in total. The molecule has 0 aliphatic heterocycles. The van der Waals surface area contributed by atoms with E-state index >= 15 is 0 Å². The molecule has 0 radical (unpaired) electrons. The van der Waals surface area contributed by atoms with Gasteiger partial charge in [-0.1, -0.05) is 0 Å². The average Bonchev–Trinajstić information content (AvgIpc) is 2.77. The highest BCUT2D eigenvalue weighted by atomic mass is 19.1. The van der Waals surface area contributed by atoms with Crippen LogP contribution in [0.15, 0.2) is 24.4 Å². The summed E-state index contributed by atoms with van der Waals surface area (Å²) in [5, 5.41) is 12.9. The van der Waals surface area contributed by atoms with Crippen molar-refractivity contribution in [1.29, 1.82) is 0 Å². The fourth-order valence-corrected chi connectivity index (χ4v) is 1.84. The van der Waals surface area contributed by atoms with Crippen molar-refractivity contribution < 1.29 is 23.8 Å². The Morgan fingerprint density at radius 1 is 1.38 bits per heavy atom. The Bertz CT molecular complexity index is 709. The van der Waals surface area contributed by atoms with Gasteiger partial charge in [0.25, 0.3) is 0 Å². The molecule has 0 spiro atoms. The third-order valence-electron chi connectivity index (χ3n) is 2.99. The first-order valence-corrected chi connectivity index (χ1v) is 6.07. The number of Topliss-reactive ketones (excluding diaryl/α,β-unsaturated/α-hetero) is 1. The van der Waals surface area contributed by atoms with Crippen LogP contribution < -0.4 is 4.74 Å². The number of nitrogens with zero attached hydrogens (tertiary/aromatic N) is 2. The van der Waals surface area contributed by atoms with E-state index in [2.05, 4.69) is 5.10 Å². The number of halogens is 1. The van der Waals surface area contributed by atoms with E-state index in [9.17, 15) is 14.0 Å². The highest BCUT2D eigenvalue weighted by molar-refractivity contribution is 5.94. The molecule has 0 atom stereocenters. The molecule has 0 bridgehead atoms. The number of carboxylic acid groups (broad SMARTS) is 1. The van der Waals surface area contributed by atoms with Crippen LogP contribution in [0.1, 0.15) is 33.3 Å². The van der Waals surface area contributed by atoms with E-state index in [0.29, 0.717) is 5.69 Å². The SMILES string of the molecule is CC(=O)c1ccc(OCc2c(C(=O)O)cnn2C)cc1F. The third-order valence-corrected chi connectivity index (χ3v) is 2.99. The quantitative estimate of drug-likeness (QED) is 0.853. The molecule has 0 saturated carbocycles. The van der Waals surface area contributed by atoms with Crippen LogP contribution in [0.25, 0.3) is 0 Å². The predicted octanol–water partition coefficient (Wildman–Crippen LogP) is 2.04. The van der Waals surface area contributed by atoms with Crippen molar-refractivity contribution in [2.45, 2.75) is 13.5 Å². The van der Waals surface area contributed by atoms with Crippen molar-refractivity contribution in [3.05, 3.63) is 47.0 Å². The van der Waals surface area contributed by atoms with Crippen LogP contribution in [0, 0.1) is 5.82 Å². The zero-order valence-electron chi connectivity index (χ0n) is 11.5. The number of aromatic nitrogens is 2. The summed E-state index contributed by atoms with van der Waals surface area (Å²) in [6, 6.07) is 3.87. The normalized spacial score (nSPS) is 10.4. The molecular weight excluding hydrogens is 279 g/mol. The van der Waals surface area contributed by atoms with Gasteiger partial charge < -0.3 is 9.84 Å². The molecule has 1 heterocycles. The average molecular weight is 292 g/mol. The van der Waals surface area contributed by atoms with E-state index in [1.165, 1.54) is 29.9 Å². The summed E-state index contributed by atoms with van der Waals surface area (Å²) in [6.45, 7) is 1.20. The Kier molecular flexibility index (Phi) is 4.02. The predicted molar refractivity (Wildman–Crippen MR) is 70.9 cm³/mol. The van der Waals surface area contributed by atoms with Gasteiger partial charge in [-0.15, -0.1) is 0 Å². The number of ketones is 1. The standard InChI is InChI=1S/C14H13FN2O4/c1-8(18)10-4-3-9(5-12(10)15)21-7-13-11(14(19)20)6-16-17(13)2/h3-6H,7H2,1-2H3,(H,19,20). The number of hydrogen-bond donors (Lipinski definition) is 1. The van der Waals surface area contributed by atoms with Crippen molar-refractivity contribution in [3.63, 3.8) is 0 Å². The second kappa shape index (κ2) is 5.74. The number of rotatable bonds is 5. The molecule has 21 heavy (non-hydrogen) atoms. The Morgan fingerprint density at radius 3 is 2.67 bits per heavy atom. The van der Waals surface area contributed by atoms with E-state index in [0.717, 1.165) is 6.07 Å².